The first-order chi connectivity index (χ1) is 11.6. The first-order valence-corrected chi connectivity index (χ1v) is 8.47. The lowest BCUT2D eigenvalue weighted by Gasteiger charge is -2.28. The lowest BCUT2D eigenvalue weighted by Crippen LogP contribution is -2.53. The third kappa shape index (κ3) is 3.13. The number of ether oxygens (including phenoxy) is 1. The molecule has 6 heteroatoms. The summed E-state index contributed by atoms with van der Waals surface area (Å²) < 4.78 is 5.57. The van der Waals surface area contributed by atoms with Crippen LogP contribution in [-0.4, -0.2) is 47.7 Å². The monoisotopic (exact) mass is 330 g/mol. The van der Waals surface area contributed by atoms with Crippen LogP contribution >= 0.6 is 0 Å². The lowest BCUT2D eigenvalue weighted by molar-refractivity contribution is -0.138. The van der Waals surface area contributed by atoms with Crippen molar-refractivity contribution in [3.8, 4) is 5.75 Å². The first kappa shape index (κ1) is 16.5. The van der Waals surface area contributed by atoms with Crippen LogP contribution in [-0.2, 0) is 9.59 Å². The molecule has 6 nitrogen and oxygen atoms in total. The molecule has 1 N–H and O–H groups in total. The van der Waals surface area contributed by atoms with Crippen molar-refractivity contribution in [2.24, 2.45) is 0 Å². The Kier molecular flexibility index (Phi) is 4.83. The highest BCUT2D eigenvalue weighted by atomic mass is 16.5. The van der Waals surface area contributed by atoms with Gasteiger partial charge in [0.05, 0.1) is 5.56 Å². The molecule has 128 valence electrons. The zero-order valence-electron chi connectivity index (χ0n) is 13.8. The molecule has 0 aliphatic carbocycles. The fraction of sp³-hybridized carbons (Fsp3) is 0.500. The normalized spacial score (nSPS) is 22.7. The van der Waals surface area contributed by atoms with Gasteiger partial charge in [0.25, 0.3) is 0 Å². The van der Waals surface area contributed by atoms with E-state index in [0.717, 1.165) is 12.8 Å². The zero-order chi connectivity index (χ0) is 17.1. The highest BCUT2D eigenvalue weighted by molar-refractivity contribution is 6.05. The summed E-state index contributed by atoms with van der Waals surface area (Å²) in [6, 6.07) is 5.84. The van der Waals surface area contributed by atoms with Crippen molar-refractivity contribution in [3.05, 3.63) is 29.8 Å². The van der Waals surface area contributed by atoms with E-state index in [-0.39, 0.29) is 24.2 Å². The van der Waals surface area contributed by atoms with E-state index in [1.54, 1.807) is 29.2 Å². The Bertz CT molecular complexity index is 658. The number of carbonyl (C=O) groups is 3. The number of benzene rings is 1. The minimum Gasteiger partial charge on any atom is -0.490 e. The highest BCUT2D eigenvalue weighted by Gasteiger charge is 2.37. The van der Waals surface area contributed by atoms with Crippen LogP contribution in [0, 0.1) is 0 Å². The molecule has 0 radical (unpaired) electrons. The van der Waals surface area contributed by atoms with Crippen molar-refractivity contribution in [3.63, 3.8) is 0 Å². The zero-order valence-corrected chi connectivity index (χ0v) is 13.8. The van der Waals surface area contributed by atoms with Gasteiger partial charge in [-0.15, -0.1) is 0 Å². The number of para-hydroxylation sites is 1. The third-order valence-corrected chi connectivity index (χ3v) is 4.53. The molecule has 0 saturated carbocycles. The third-order valence-electron chi connectivity index (χ3n) is 4.53. The Morgan fingerprint density at radius 1 is 1.33 bits per heavy atom. The minimum absolute atomic E-state index is 0.00622. The number of likely N-dealkylation sites (tertiary alicyclic amines) is 1. The van der Waals surface area contributed by atoms with Crippen molar-refractivity contribution in [2.45, 2.75) is 44.7 Å². The van der Waals surface area contributed by atoms with Crippen LogP contribution in [0.1, 0.15) is 43.0 Å². The van der Waals surface area contributed by atoms with E-state index < -0.39 is 12.1 Å². The number of rotatable bonds is 4. The molecule has 0 bridgehead atoms. The summed E-state index contributed by atoms with van der Waals surface area (Å²) in [6.07, 6.45) is 2.66. The summed E-state index contributed by atoms with van der Waals surface area (Å²) in [5.41, 5.74) is 0.486. The SMILES string of the molecule is CCCC(=O)N1CCC[C@H]1C(=O)N[C@H]1COc2ccccc2C1=O. The second-order valence-corrected chi connectivity index (χ2v) is 6.23. The summed E-state index contributed by atoms with van der Waals surface area (Å²) in [6.45, 7) is 2.67. The van der Waals surface area contributed by atoms with Gasteiger partial charge < -0.3 is 15.0 Å². The van der Waals surface area contributed by atoms with Crippen molar-refractivity contribution < 1.29 is 19.1 Å². The fourth-order valence-corrected chi connectivity index (χ4v) is 3.30. The first-order valence-electron chi connectivity index (χ1n) is 8.47. The molecule has 1 aromatic rings. The van der Waals surface area contributed by atoms with Crippen LogP contribution in [0.5, 0.6) is 5.75 Å². The van der Waals surface area contributed by atoms with E-state index in [4.69, 9.17) is 4.74 Å². The lowest BCUT2D eigenvalue weighted by atomic mass is 10.0. The Hall–Kier alpha value is -2.37. The van der Waals surface area contributed by atoms with Gasteiger partial charge in [0.15, 0.2) is 5.78 Å². The van der Waals surface area contributed by atoms with Gasteiger partial charge in [0.1, 0.15) is 24.4 Å². The Morgan fingerprint density at radius 2 is 2.12 bits per heavy atom. The average Bonchev–Trinajstić information content (AvgIpc) is 3.08. The number of amides is 2. The Morgan fingerprint density at radius 3 is 2.92 bits per heavy atom. The number of ketones is 1. The van der Waals surface area contributed by atoms with E-state index >= 15 is 0 Å². The van der Waals surface area contributed by atoms with Crippen molar-refractivity contribution in [2.75, 3.05) is 13.2 Å². The van der Waals surface area contributed by atoms with Gasteiger partial charge in [0, 0.05) is 13.0 Å². The molecular weight excluding hydrogens is 308 g/mol. The van der Waals surface area contributed by atoms with Gasteiger partial charge >= 0.3 is 0 Å². The summed E-state index contributed by atoms with van der Waals surface area (Å²) >= 11 is 0. The van der Waals surface area contributed by atoms with Crippen LogP contribution < -0.4 is 10.1 Å². The number of hydrogen-bond donors (Lipinski definition) is 1. The number of hydrogen-bond acceptors (Lipinski definition) is 4. The molecule has 3 rings (SSSR count). The van der Waals surface area contributed by atoms with Gasteiger partial charge in [-0.05, 0) is 31.4 Å². The van der Waals surface area contributed by atoms with E-state index in [9.17, 15) is 14.4 Å². The molecule has 0 aromatic heterocycles. The summed E-state index contributed by atoms with van der Waals surface area (Å²) in [4.78, 5) is 38.9. The predicted molar refractivity (Wildman–Crippen MR) is 87.8 cm³/mol. The quantitative estimate of drug-likeness (QED) is 0.908. The molecule has 24 heavy (non-hydrogen) atoms. The van der Waals surface area contributed by atoms with Crippen molar-refractivity contribution >= 4 is 17.6 Å². The molecule has 2 heterocycles. The number of nitrogens with zero attached hydrogens (tertiary/aromatic N) is 1. The van der Waals surface area contributed by atoms with Crippen LogP contribution in [0.15, 0.2) is 24.3 Å². The second-order valence-electron chi connectivity index (χ2n) is 6.23. The van der Waals surface area contributed by atoms with E-state index in [1.807, 2.05) is 6.92 Å². The largest absolute Gasteiger partial charge is 0.490 e. The molecule has 1 saturated heterocycles. The molecule has 1 fully saturated rings. The van der Waals surface area contributed by atoms with Crippen molar-refractivity contribution in [1.82, 2.24) is 10.2 Å². The highest BCUT2D eigenvalue weighted by Crippen LogP contribution is 2.25. The van der Waals surface area contributed by atoms with Crippen LogP contribution in [0.25, 0.3) is 0 Å². The summed E-state index contributed by atoms with van der Waals surface area (Å²) in [7, 11) is 0. The molecule has 2 aliphatic rings. The van der Waals surface area contributed by atoms with E-state index in [1.165, 1.54) is 0 Å². The minimum atomic E-state index is -0.698. The second kappa shape index (κ2) is 7.03. The predicted octanol–water partition coefficient (Wildman–Crippen LogP) is 1.54. The van der Waals surface area contributed by atoms with Gasteiger partial charge in [-0.25, -0.2) is 0 Å². The van der Waals surface area contributed by atoms with Gasteiger partial charge in [0.2, 0.25) is 11.8 Å². The molecule has 2 atom stereocenters. The van der Waals surface area contributed by atoms with Crippen LogP contribution in [0.2, 0.25) is 0 Å². The summed E-state index contributed by atoms with van der Waals surface area (Å²) in [5.74, 6) is 0.147. The topological polar surface area (TPSA) is 75.7 Å². The number of carbonyl (C=O) groups excluding carboxylic acids is 3. The van der Waals surface area contributed by atoms with Gasteiger partial charge in [-0.3, -0.25) is 14.4 Å². The smallest absolute Gasteiger partial charge is 0.243 e. The molecular formula is C18H22N2O4. The van der Waals surface area contributed by atoms with Gasteiger partial charge in [-0.1, -0.05) is 19.1 Å². The molecule has 2 amide bonds. The average molecular weight is 330 g/mol. The molecule has 2 aliphatic heterocycles. The number of nitrogens with one attached hydrogen (secondary N) is 1. The number of Topliss-reactive ketones (excluding diaryl/α,β-unsaturated/α-hetero) is 1. The molecule has 0 spiro atoms. The Labute approximate surface area is 141 Å². The standard InChI is InChI=1S/C18H22N2O4/c1-2-6-16(21)20-10-5-8-14(20)18(23)19-13-11-24-15-9-4-3-7-12(15)17(13)22/h3-4,7,9,13-14H,2,5-6,8,10-11H2,1H3,(H,19,23)/t13-,14-/m0/s1. The maximum Gasteiger partial charge on any atom is 0.243 e. The van der Waals surface area contributed by atoms with Crippen molar-refractivity contribution in [1.29, 1.82) is 0 Å². The molecule has 1 aromatic carbocycles. The molecule has 0 unspecified atom stereocenters. The Balaban J connectivity index is 1.67. The van der Waals surface area contributed by atoms with Gasteiger partial charge in [-0.2, -0.15) is 0 Å². The fourth-order valence-electron chi connectivity index (χ4n) is 3.30. The van der Waals surface area contributed by atoms with Crippen LogP contribution in [0.4, 0.5) is 0 Å². The van der Waals surface area contributed by atoms with E-state index in [2.05, 4.69) is 5.32 Å². The van der Waals surface area contributed by atoms with Crippen LogP contribution in [0.3, 0.4) is 0 Å². The van der Waals surface area contributed by atoms with E-state index in [0.29, 0.717) is 30.7 Å². The summed E-state index contributed by atoms with van der Waals surface area (Å²) in [5, 5.41) is 2.77. The maximum absolute atomic E-state index is 12.6. The number of fused-ring (bicyclic) bond motifs is 1. The maximum atomic E-state index is 12.6.